The second-order valence-corrected chi connectivity index (χ2v) is 35.7. The van der Waals surface area contributed by atoms with Gasteiger partial charge in [-0.05, 0) is 153 Å². The number of nitrogens with one attached hydrogen (secondary N) is 5. The number of likely N-dealkylation sites (N-methyl/N-ethyl adjacent to an activating group) is 4. The predicted molar refractivity (Wildman–Crippen MR) is 489 cm³/mol. The van der Waals surface area contributed by atoms with Crippen molar-refractivity contribution in [2.75, 3.05) is 65.7 Å². The van der Waals surface area contributed by atoms with Crippen LogP contribution in [0.25, 0.3) is 0 Å². The van der Waals surface area contributed by atoms with E-state index in [9.17, 15) is 67.1 Å². The van der Waals surface area contributed by atoms with E-state index in [0.29, 0.717) is 31.1 Å². The number of hydrogen-bond acceptors (Lipinski definition) is 22. The number of amides is 9. The molecule has 2 aromatic rings. The van der Waals surface area contributed by atoms with Crippen LogP contribution in [0, 0.1) is 41.4 Å². The SMILES string of the molecule is C/C=C(\C)[C@@H](OC(=O)C(C)C)[C@H](C)[C@H](C/C=C(\C)C(=O)O[C@H](CC(C)C)C(=O)N[C@@H](C)C(=O)N(C)[C@H](Cc1ccccc1)C(=O)N(C)CC(=O)N[C@H](C(C)=O)C(C)CC)OCSC.C/C=C(\C)[C@H]1OC(=O)[C@@H](C)NC(=O)[C@H](C(C)CC)NC(=O)CN(C)C(=O)[C@@H](Cc2ccccc2)N(C)C(=O)[C@H](C)NC(=O)[C@@H](CC(C)C)OC(=O)/C(C)=C/C[C@H](OCSC)[C@H]1C.[V].[V]. The van der Waals surface area contributed by atoms with E-state index >= 15 is 0 Å². The molecular formula is C94H147N9O20S2V2. The minimum Gasteiger partial charge on any atom is -0.457 e. The number of Topliss-reactive ketones (excluding diaryl/α,β-unsaturated/α-hetero) is 1. The number of carbonyl (C=O) groups excluding carboxylic acids is 14. The number of hydrogen-bond donors (Lipinski definition) is 5. The van der Waals surface area contributed by atoms with Crippen molar-refractivity contribution in [2.45, 2.75) is 283 Å². The molecule has 33 heteroatoms. The van der Waals surface area contributed by atoms with Crippen LogP contribution < -0.4 is 26.6 Å². The van der Waals surface area contributed by atoms with Crippen LogP contribution in [0.1, 0.15) is 202 Å². The van der Waals surface area contributed by atoms with Crippen molar-refractivity contribution in [3.05, 3.63) is 118 Å². The fourth-order valence-electron chi connectivity index (χ4n) is 13.7. The van der Waals surface area contributed by atoms with Crippen LogP contribution in [0.15, 0.2) is 107 Å². The Hall–Kier alpha value is -8.03. The van der Waals surface area contributed by atoms with E-state index in [4.69, 9.17) is 28.4 Å². The molecule has 5 N–H and O–H groups in total. The number of ether oxygens (including phenoxy) is 6. The summed E-state index contributed by atoms with van der Waals surface area (Å²) in [6.07, 6.45) is 8.39. The fraction of sp³-hybridized carbons (Fsp3) is 0.638. The molecule has 2 aromatic carbocycles. The summed E-state index contributed by atoms with van der Waals surface area (Å²) in [5.74, 6) is -8.88. The number of nitrogens with zero attached hydrogens (tertiary/aromatic N) is 4. The summed E-state index contributed by atoms with van der Waals surface area (Å²) in [6.45, 7) is 38.0. The summed E-state index contributed by atoms with van der Waals surface area (Å²) >= 11 is 2.95. The van der Waals surface area contributed by atoms with Gasteiger partial charge in [0.15, 0.2) is 18.0 Å². The molecule has 1 aliphatic rings. The summed E-state index contributed by atoms with van der Waals surface area (Å²) in [4.78, 5) is 195. The zero-order chi connectivity index (χ0) is 95.0. The monoisotopic (exact) mass is 1890 g/mol. The quantitative estimate of drug-likeness (QED) is 0.0138. The maximum Gasteiger partial charge on any atom is 0.334 e. The number of cyclic esters (lactones) is 2. The summed E-state index contributed by atoms with van der Waals surface area (Å²) in [6, 6.07) is 10.9. The number of rotatable bonds is 37. The van der Waals surface area contributed by atoms with Crippen LogP contribution in [0.5, 0.6) is 0 Å². The molecule has 0 saturated heterocycles. The molecule has 1 heterocycles. The third kappa shape index (κ3) is 40.5. The Kier molecular flexibility index (Phi) is 56.9. The number of allylic oxidation sites excluding steroid dienone is 2. The smallest absolute Gasteiger partial charge is 0.334 e. The van der Waals surface area contributed by atoms with Gasteiger partial charge in [-0.3, -0.25) is 52.7 Å². The van der Waals surface area contributed by atoms with Crippen molar-refractivity contribution < 1.29 is 133 Å². The molecule has 17 atom stereocenters. The molecule has 29 nitrogen and oxygen atoms in total. The van der Waals surface area contributed by atoms with Gasteiger partial charge in [0, 0.05) is 101 Å². The summed E-state index contributed by atoms with van der Waals surface area (Å²) < 4.78 is 36.0. The Balaban J connectivity index is 0.00000246. The Morgan fingerprint density at radius 1 is 0.701 bits per heavy atom. The molecule has 0 aromatic heterocycles. The van der Waals surface area contributed by atoms with Crippen molar-refractivity contribution in [2.24, 2.45) is 41.4 Å². The maximum atomic E-state index is 14.2. The Labute approximate surface area is 788 Å². The molecule has 127 heavy (non-hydrogen) atoms. The second kappa shape index (κ2) is 60.8. The molecule has 9 amide bonds. The minimum absolute atomic E-state index is 0. The fourth-order valence-corrected chi connectivity index (χ4v) is 14.3. The van der Waals surface area contributed by atoms with Crippen molar-refractivity contribution >= 4 is 106 Å². The average Bonchev–Trinajstić information content (AvgIpc) is 0.828. The predicted octanol–water partition coefficient (Wildman–Crippen LogP) is 10.9. The van der Waals surface area contributed by atoms with E-state index in [1.807, 2.05) is 163 Å². The molecule has 3 rings (SSSR count). The third-order valence-corrected chi connectivity index (χ3v) is 23.1. The first-order chi connectivity index (χ1) is 58.7. The van der Waals surface area contributed by atoms with Crippen LogP contribution in [0.4, 0.5) is 0 Å². The van der Waals surface area contributed by atoms with E-state index in [1.54, 1.807) is 58.9 Å². The topological polar surface area (TPSA) is 367 Å². The molecule has 1 aliphatic heterocycles. The maximum absolute atomic E-state index is 14.2. The van der Waals surface area contributed by atoms with Gasteiger partial charge in [-0.15, -0.1) is 23.5 Å². The number of thioether (sulfide) groups is 2. The number of carbonyl (C=O) groups is 14. The van der Waals surface area contributed by atoms with Crippen LogP contribution in [-0.2, 0) is 145 Å². The number of benzene rings is 2. The van der Waals surface area contributed by atoms with Crippen LogP contribution in [-0.4, -0.2) is 247 Å². The zero-order valence-corrected chi connectivity index (χ0v) is 84.7. The van der Waals surface area contributed by atoms with Gasteiger partial charge in [0.05, 0.1) is 49.1 Å². The van der Waals surface area contributed by atoms with Gasteiger partial charge in [0.25, 0.3) is 11.8 Å². The van der Waals surface area contributed by atoms with E-state index < -0.39 is 162 Å². The summed E-state index contributed by atoms with van der Waals surface area (Å²) in [7, 11) is 5.80. The van der Waals surface area contributed by atoms with Crippen LogP contribution in [0.2, 0.25) is 0 Å². The standard InChI is InChI=1S/C48H76N4O10S.C46H71N5O10S.2V/c1-16-31(7)42(36(12)53)50-41(54)27-51(13)46(57)38(26-37-21-19-18-20-22-37)52(14)45(56)35(11)49-44(55)40(25-29(3)4)61-48(59)33(9)23-24-39(60-28-63-15)34(10)43(32(8)17-2)62-47(58)30(5)6;1-14-28(5)39-42(54)48-33(10)46(58)61-40(29(6)15-2)31(8)36(59-26-62-13)22-21-30(7)45(57)60-37(23-27(3)4)41(53)47-32(9)43(55)51(12)35(24-34-19-17-16-18-20-34)44(56)50(11)25-38(52)49-39;;/h17-23,29-31,34-35,38-40,42-43H,16,24-28H2,1-15H3,(H,49,55)(H,50,54);15-21,27-28,31-33,35-37,39-40H,14,22-26H2,1-13H3,(H,47,53)(H,48,54)(H,49,52);;/b32-17+,33-23+;29-15+,30-21+;;/t31?,34-,35+,38-,39+,40-,42+,43-;28?,31-,32+,33-,35-,36+,37-,39+,40-;;/m11../s1. The Morgan fingerprint density at radius 2 is 1.28 bits per heavy atom. The van der Waals surface area contributed by atoms with Gasteiger partial charge in [-0.25, -0.2) is 14.4 Å². The normalized spacial score (nSPS) is 21.5. The molecule has 0 spiro atoms. The van der Waals surface area contributed by atoms with E-state index in [1.165, 1.54) is 99.0 Å². The molecule has 0 saturated carbocycles. The van der Waals surface area contributed by atoms with Gasteiger partial charge in [-0.2, -0.15) is 0 Å². The van der Waals surface area contributed by atoms with Crippen molar-refractivity contribution in [1.82, 2.24) is 46.2 Å². The molecule has 0 aliphatic carbocycles. The van der Waals surface area contributed by atoms with E-state index in [-0.39, 0.29) is 134 Å². The summed E-state index contributed by atoms with van der Waals surface area (Å²) in [5.41, 5.74) is 3.61. The molecule has 710 valence electrons. The van der Waals surface area contributed by atoms with Crippen molar-refractivity contribution in [1.29, 1.82) is 0 Å². The molecular weight excluding hydrogens is 1740 g/mol. The second-order valence-electron chi connectivity index (χ2n) is 34.0. The first-order valence-electron chi connectivity index (χ1n) is 43.4. The molecule has 0 bridgehead atoms. The minimum atomic E-state index is -1.23. The summed E-state index contributed by atoms with van der Waals surface area (Å²) in [5, 5.41) is 13.6. The first-order valence-corrected chi connectivity index (χ1v) is 46.2. The largest absolute Gasteiger partial charge is 0.457 e. The van der Waals surface area contributed by atoms with Gasteiger partial charge in [0.2, 0.25) is 41.4 Å². The van der Waals surface area contributed by atoms with Crippen LogP contribution in [0.3, 0.4) is 0 Å². The number of esters is 4. The van der Waals surface area contributed by atoms with Gasteiger partial charge >= 0.3 is 23.9 Å². The van der Waals surface area contributed by atoms with E-state index in [2.05, 4.69) is 26.6 Å². The van der Waals surface area contributed by atoms with Gasteiger partial charge in [0.1, 0.15) is 48.5 Å². The van der Waals surface area contributed by atoms with E-state index in [0.717, 1.165) is 22.3 Å². The zero-order valence-electron chi connectivity index (χ0n) is 80.3. The van der Waals surface area contributed by atoms with Crippen molar-refractivity contribution in [3.63, 3.8) is 0 Å². The van der Waals surface area contributed by atoms with Crippen molar-refractivity contribution in [3.8, 4) is 0 Å². The molecule has 0 fully saturated rings. The molecule has 2 unspecified atom stereocenters. The molecule has 2 radical (unpaired) electrons. The third-order valence-electron chi connectivity index (χ3n) is 22.3. The van der Waals surface area contributed by atoms with Gasteiger partial charge in [-0.1, -0.05) is 181 Å². The Morgan fingerprint density at radius 3 is 1.81 bits per heavy atom. The average molecular weight is 1890 g/mol. The Bertz CT molecular complexity index is 4000. The van der Waals surface area contributed by atoms with Gasteiger partial charge < -0.3 is 74.6 Å². The number of ketones is 1. The first kappa shape index (κ1) is 119. The van der Waals surface area contributed by atoms with Crippen LogP contribution >= 0.6 is 23.5 Å².